The first-order chi connectivity index (χ1) is 23.4. The number of nitrogens with zero attached hydrogens (tertiary/aromatic N) is 1. The Morgan fingerprint density at radius 3 is 1.86 bits per heavy atom. The van der Waals surface area contributed by atoms with Crippen LogP contribution < -0.4 is 21.3 Å². The number of unbranched alkanes of at least 4 members (excludes halogenated alkanes) is 8. The molecule has 14 nitrogen and oxygen atoms in total. The van der Waals surface area contributed by atoms with Crippen molar-refractivity contribution in [3.63, 3.8) is 0 Å². The molecule has 0 aromatic heterocycles. The van der Waals surface area contributed by atoms with Crippen LogP contribution in [0.25, 0.3) is 0 Å². The van der Waals surface area contributed by atoms with Gasteiger partial charge < -0.3 is 41.1 Å². The van der Waals surface area contributed by atoms with Crippen molar-refractivity contribution in [2.75, 3.05) is 26.8 Å². The molecule has 0 saturated carbocycles. The highest BCUT2D eigenvalue weighted by atomic mass is 16.5. The topological polar surface area (TPSA) is 203 Å². The minimum atomic E-state index is -1.51. The van der Waals surface area contributed by atoms with Gasteiger partial charge >= 0.3 is 5.97 Å². The van der Waals surface area contributed by atoms with Crippen LogP contribution in [0.3, 0.4) is 0 Å². The first-order valence-electron chi connectivity index (χ1n) is 18.2. The molecule has 1 aliphatic heterocycles. The van der Waals surface area contributed by atoms with Crippen LogP contribution in [0.15, 0.2) is 0 Å². The SMILES string of the molecule is CCCCCCCCCC[C@H]1OC(=O)CNC(=O)[C@H](CO)NC(=O)[C@H](CO)NC(=O)[C@H](C(C)CC)NC(=O)[C@H](CCCC)N(C)C(=O)[C@@H]1C. The molecule has 7 atom stereocenters. The molecule has 0 spiro atoms. The molecule has 49 heavy (non-hydrogen) atoms. The van der Waals surface area contributed by atoms with Gasteiger partial charge in [0.05, 0.1) is 19.1 Å². The third-order valence-electron chi connectivity index (χ3n) is 9.35. The van der Waals surface area contributed by atoms with Gasteiger partial charge in [-0.1, -0.05) is 98.8 Å². The van der Waals surface area contributed by atoms with Crippen LogP contribution in [0.5, 0.6) is 0 Å². The van der Waals surface area contributed by atoms with Crippen LogP contribution in [0.1, 0.15) is 118 Å². The van der Waals surface area contributed by atoms with Gasteiger partial charge in [-0.25, -0.2) is 0 Å². The third kappa shape index (κ3) is 15.0. The number of nitrogens with one attached hydrogen (secondary N) is 4. The number of carbonyl (C=O) groups is 6. The summed E-state index contributed by atoms with van der Waals surface area (Å²) in [5, 5.41) is 29.6. The monoisotopic (exact) mass is 697 g/mol. The largest absolute Gasteiger partial charge is 0.460 e. The molecule has 0 radical (unpaired) electrons. The minimum Gasteiger partial charge on any atom is -0.460 e. The molecule has 0 aromatic rings. The maximum absolute atomic E-state index is 13.9. The van der Waals surface area contributed by atoms with Crippen LogP contribution in [0, 0.1) is 11.8 Å². The van der Waals surface area contributed by atoms with E-state index in [1.807, 2.05) is 13.8 Å². The average Bonchev–Trinajstić information content (AvgIpc) is 3.09. The van der Waals surface area contributed by atoms with Gasteiger partial charge in [0.1, 0.15) is 36.8 Å². The zero-order valence-electron chi connectivity index (χ0n) is 30.6. The second-order valence-corrected chi connectivity index (χ2v) is 13.3. The van der Waals surface area contributed by atoms with E-state index in [-0.39, 0.29) is 0 Å². The molecular weight excluding hydrogens is 634 g/mol. The molecule has 6 N–H and O–H groups in total. The van der Waals surface area contributed by atoms with Crippen LogP contribution >= 0.6 is 0 Å². The quantitative estimate of drug-likeness (QED) is 0.103. The summed E-state index contributed by atoms with van der Waals surface area (Å²) in [7, 11) is 1.52. The molecule has 1 aliphatic rings. The Morgan fingerprint density at radius 1 is 0.735 bits per heavy atom. The molecule has 1 heterocycles. The fourth-order valence-corrected chi connectivity index (χ4v) is 5.79. The van der Waals surface area contributed by atoms with E-state index >= 15 is 0 Å². The second-order valence-electron chi connectivity index (χ2n) is 13.3. The highest BCUT2D eigenvalue weighted by Gasteiger charge is 2.37. The number of likely N-dealkylation sites (N-methyl/N-ethyl adjacent to an activating group) is 1. The zero-order valence-corrected chi connectivity index (χ0v) is 30.6. The van der Waals surface area contributed by atoms with Crippen molar-refractivity contribution < 1.29 is 43.7 Å². The lowest BCUT2D eigenvalue weighted by Gasteiger charge is -2.34. The molecule has 1 rings (SSSR count). The van der Waals surface area contributed by atoms with Crippen LogP contribution in [-0.2, 0) is 33.5 Å². The third-order valence-corrected chi connectivity index (χ3v) is 9.35. The summed E-state index contributed by atoms with van der Waals surface area (Å²) in [5.41, 5.74) is 0. The summed E-state index contributed by atoms with van der Waals surface area (Å²) in [4.78, 5) is 81.3. The predicted octanol–water partition coefficient (Wildman–Crippen LogP) is 1.70. The van der Waals surface area contributed by atoms with Crippen LogP contribution in [-0.4, -0.2) is 108 Å². The number of cyclic esters (lactones) is 1. The average molecular weight is 698 g/mol. The lowest BCUT2D eigenvalue weighted by atomic mass is 9.95. The highest BCUT2D eigenvalue weighted by Crippen LogP contribution is 2.22. The number of hydrogen-bond donors (Lipinski definition) is 6. The van der Waals surface area contributed by atoms with Gasteiger partial charge in [-0.2, -0.15) is 0 Å². The smallest absolute Gasteiger partial charge is 0.325 e. The molecule has 1 fully saturated rings. The number of ether oxygens (including phenoxy) is 1. The van der Waals surface area contributed by atoms with Gasteiger partial charge in [-0.15, -0.1) is 0 Å². The minimum absolute atomic E-state index is 0.324. The van der Waals surface area contributed by atoms with E-state index in [0.717, 1.165) is 32.1 Å². The van der Waals surface area contributed by atoms with Crippen LogP contribution in [0.2, 0.25) is 0 Å². The van der Waals surface area contributed by atoms with Gasteiger partial charge in [0, 0.05) is 7.05 Å². The Kier molecular flexibility index (Phi) is 21.4. The Bertz CT molecular complexity index is 1060. The van der Waals surface area contributed by atoms with E-state index in [9.17, 15) is 39.0 Å². The van der Waals surface area contributed by atoms with Gasteiger partial charge in [0.15, 0.2) is 0 Å². The molecule has 0 bridgehead atoms. The molecule has 1 saturated heterocycles. The van der Waals surface area contributed by atoms with Gasteiger partial charge in [-0.05, 0) is 25.2 Å². The molecule has 282 valence electrons. The summed E-state index contributed by atoms with van der Waals surface area (Å²) in [6.07, 6.45) is 10.2. The number of hydrogen-bond acceptors (Lipinski definition) is 9. The van der Waals surface area contributed by atoms with Crippen molar-refractivity contribution in [1.29, 1.82) is 0 Å². The van der Waals surface area contributed by atoms with E-state index in [4.69, 9.17) is 4.74 Å². The number of carbonyl (C=O) groups excluding carboxylic acids is 6. The molecule has 1 unspecified atom stereocenters. The number of esters is 1. The Labute approximate surface area is 292 Å². The zero-order chi connectivity index (χ0) is 36.9. The van der Waals surface area contributed by atoms with Crippen molar-refractivity contribution >= 4 is 35.5 Å². The fraction of sp³-hybridized carbons (Fsp3) is 0.829. The van der Waals surface area contributed by atoms with E-state index in [2.05, 4.69) is 28.2 Å². The number of aliphatic hydroxyl groups is 2. The Hall–Kier alpha value is -3.26. The fourth-order valence-electron chi connectivity index (χ4n) is 5.79. The van der Waals surface area contributed by atoms with Crippen molar-refractivity contribution in [2.45, 2.75) is 148 Å². The second kappa shape index (κ2) is 24.0. The van der Waals surface area contributed by atoms with Crippen molar-refractivity contribution in [2.24, 2.45) is 11.8 Å². The van der Waals surface area contributed by atoms with Crippen molar-refractivity contribution in [3.05, 3.63) is 0 Å². The Balaban J connectivity index is 3.44. The number of aliphatic hydroxyl groups excluding tert-OH is 2. The normalized spacial score (nSPS) is 26.0. The predicted molar refractivity (Wildman–Crippen MR) is 185 cm³/mol. The van der Waals surface area contributed by atoms with Crippen LogP contribution in [0.4, 0.5) is 0 Å². The van der Waals surface area contributed by atoms with Crippen molar-refractivity contribution in [1.82, 2.24) is 26.2 Å². The van der Waals surface area contributed by atoms with Gasteiger partial charge in [0.25, 0.3) is 0 Å². The van der Waals surface area contributed by atoms with E-state index < -0.39 is 97.4 Å². The Morgan fingerprint density at radius 2 is 1.29 bits per heavy atom. The molecule has 0 aromatic carbocycles. The summed E-state index contributed by atoms with van der Waals surface area (Å²) in [6.45, 7) is 7.11. The summed E-state index contributed by atoms with van der Waals surface area (Å²) in [5.74, 6) is -5.55. The maximum Gasteiger partial charge on any atom is 0.325 e. The molecule has 5 amide bonds. The summed E-state index contributed by atoms with van der Waals surface area (Å²) >= 11 is 0. The molecule has 0 aliphatic carbocycles. The van der Waals surface area contributed by atoms with E-state index in [0.29, 0.717) is 32.1 Å². The summed E-state index contributed by atoms with van der Waals surface area (Å²) < 4.78 is 5.76. The first kappa shape index (κ1) is 43.8. The molecular formula is C35H63N5O9. The lowest BCUT2D eigenvalue weighted by Crippen LogP contribution is -2.61. The number of rotatable bonds is 16. The molecule has 14 heteroatoms. The van der Waals surface area contributed by atoms with Gasteiger partial charge in [0.2, 0.25) is 29.5 Å². The lowest BCUT2D eigenvalue weighted by molar-refractivity contribution is -0.157. The van der Waals surface area contributed by atoms with Gasteiger partial charge in [-0.3, -0.25) is 28.8 Å². The first-order valence-corrected chi connectivity index (χ1v) is 18.2. The van der Waals surface area contributed by atoms with E-state index in [1.54, 1.807) is 13.8 Å². The van der Waals surface area contributed by atoms with E-state index in [1.165, 1.54) is 31.2 Å². The standard InChI is InChI=1S/C35H63N5O9/c1-7-10-12-13-14-15-16-17-19-28-24(5)35(48)40(6)27(18-11-8-2)33(46)39-30(23(4)9-3)34(47)38-26(22-42)32(45)37-25(21-41)31(44)36-20-29(43)49-28/h23-28,30,41-42H,7-22H2,1-6H3,(H,36,44)(H,37,45)(H,38,47)(H,39,46)/t23?,24-,25+,26+,27+,28-,30+/m1/s1. The number of amides is 5. The maximum atomic E-state index is 13.9. The van der Waals surface area contributed by atoms with Crippen molar-refractivity contribution in [3.8, 4) is 0 Å². The highest BCUT2D eigenvalue weighted by molar-refractivity contribution is 5.96. The summed E-state index contributed by atoms with van der Waals surface area (Å²) in [6, 6.07) is -5.06.